The molecule has 0 unspecified atom stereocenters. The first-order chi connectivity index (χ1) is 9.55. The zero-order valence-corrected chi connectivity index (χ0v) is 12.5. The van der Waals surface area contributed by atoms with Crippen molar-refractivity contribution in [1.29, 1.82) is 0 Å². The third kappa shape index (κ3) is 2.97. The number of amides is 1. The average Bonchev–Trinajstić information content (AvgIpc) is 2.82. The number of thiophene rings is 1. The van der Waals surface area contributed by atoms with E-state index in [2.05, 4.69) is 20.7 Å². The molecule has 0 atom stereocenters. The van der Waals surface area contributed by atoms with Gasteiger partial charge in [0.25, 0.3) is 0 Å². The molecule has 8 heteroatoms. The normalized spacial score (nSPS) is 10.6. The Balaban J connectivity index is 2.33. The molecule has 0 aliphatic heterocycles. The number of anilines is 2. The predicted molar refractivity (Wildman–Crippen MR) is 81.9 cm³/mol. The molecule has 0 saturated carbocycles. The first-order valence-electron chi connectivity index (χ1n) is 6.21. The highest BCUT2D eigenvalue weighted by Gasteiger charge is 2.14. The van der Waals surface area contributed by atoms with Gasteiger partial charge in [-0.1, -0.05) is 0 Å². The molecule has 2 rings (SSSR count). The van der Waals surface area contributed by atoms with Crippen molar-refractivity contribution in [2.75, 3.05) is 31.0 Å². The SMILES string of the molecule is CNC(=O)CCN(C)c1nc(NN)nc2sc(C)cc12. The summed E-state index contributed by atoms with van der Waals surface area (Å²) in [5.41, 5.74) is 2.48. The van der Waals surface area contributed by atoms with Crippen LogP contribution in [-0.2, 0) is 4.79 Å². The van der Waals surface area contributed by atoms with Gasteiger partial charge in [-0.2, -0.15) is 4.98 Å². The largest absolute Gasteiger partial charge is 0.359 e. The fourth-order valence-corrected chi connectivity index (χ4v) is 2.76. The number of hydrazine groups is 1. The van der Waals surface area contributed by atoms with Gasteiger partial charge in [0.05, 0.1) is 5.39 Å². The Bertz CT molecular complexity index is 626. The van der Waals surface area contributed by atoms with E-state index in [-0.39, 0.29) is 5.91 Å². The minimum Gasteiger partial charge on any atom is -0.359 e. The van der Waals surface area contributed by atoms with E-state index in [1.165, 1.54) is 0 Å². The Kier molecular flexibility index (Phi) is 4.35. The summed E-state index contributed by atoms with van der Waals surface area (Å²) in [5.74, 6) is 6.56. The fraction of sp³-hybridized carbons (Fsp3) is 0.417. The summed E-state index contributed by atoms with van der Waals surface area (Å²) in [6, 6.07) is 2.05. The maximum absolute atomic E-state index is 11.3. The number of rotatable bonds is 5. The smallest absolute Gasteiger partial charge is 0.240 e. The number of hydrogen-bond acceptors (Lipinski definition) is 7. The molecule has 0 aliphatic carbocycles. The molecule has 0 radical (unpaired) electrons. The number of nitrogens with two attached hydrogens (primary N) is 1. The van der Waals surface area contributed by atoms with Crippen LogP contribution in [0.5, 0.6) is 0 Å². The molecule has 2 aromatic rings. The zero-order valence-electron chi connectivity index (χ0n) is 11.7. The molecule has 2 heterocycles. The number of carbonyl (C=O) groups is 1. The molecule has 0 saturated heterocycles. The van der Waals surface area contributed by atoms with E-state index in [0.717, 1.165) is 20.9 Å². The van der Waals surface area contributed by atoms with Gasteiger partial charge in [0.1, 0.15) is 10.6 Å². The first-order valence-corrected chi connectivity index (χ1v) is 7.03. The first kappa shape index (κ1) is 14.5. The topological polar surface area (TPSA) is 96.2 Å². The molecular weight excluding hydrogens is 276 g/mol. The van der Waals surface area contributed by atoms with Crippen molar-refractivity contribution in [2.24, 2.45) is 5.84 Å². The molecule has 0 spiro atoms. The van der Waals surface area contributed by atoms with E-state index in [4.69, 9.17) is 5.84 Å². The molecule has 4 N–H and O–H groups in total. The summed E-state index contributed by atoms with van der Waals surface area (Å²) in [6.45, 7) is 2.60. The summed E-state index contributed by atoms with van der Waals surface area (Å²) in [4.78, 5) is 24.0. The maximum atomic E-state index is 11.3. The zero-order chi connectivity index (χ0) is 14.7. The van der Waals surface area contributed by atoms with E-state index >= 15 is 0 Å². The minimum atomic E-state index is 0.000762. The van der Waals surface area contributed by atoms with Crippen LogP contribution >= 0.6 is 11.3 Å². The van der Waals surface area contributed by atoms with Crippen molar-refractivity contribution in [2.45, 2.75) is 13.3 Å². The molecule has 7 nitrogen and oxygen atoms in total. The number of aryl methyl sites for hydroxylation is 1. The van der Waals surface area contributed by atoms with Crippen molar-refractivity contribution in [3.8, 4) is 0 Å². The minimum absolute atomic E-state index is 0.000762. The quantitative estimate of drug-likeness (QED) is 0.559. The van der Waals surface area contributed by atoms with Crippen LogP contribution in [0.2, 0.25) is 0 Å². The second kappa shape index (κ2) is 6.02. The highest BCUT2D eigenvalue weighted by atomic mass is 32.1. The third-order valence-corrected chi connectivity index (χ3v) is 3.88. The predicted octanol–water partition coefficient (Wildman–Crippen LogP) is 0.858. The summed E-state index contributed by atoms with van der Waals surface area (Å²) in [5, 5.41) is 3.58. The Morgan fingerprint density at radius 3 is 2.90 bits per heavy atom. The second-order valence-corrected chi connectivity index (χ2v) is 5.67. The van der Waals surface area contributed by atoms with E-state index in [0.29, 0.717) is 18.9 Å². The summed E-state index contributed by atoms with van der Waals surface area (Å²) >= 11 is 1.59. The van der Waals surface area contributed by atoms with Crippen LogP contribution in [0.3, 0.4) is 0 Å². The van der Waals surface area contributed by atoms with Crippen LogP contribution in [0.25, 0.3) is 10.2 Å². The van der Waals surface area contributed by atoms with Gasteiger partial charge in [0.2, 0.25) is 11.9 Å². The standard InChI is InChI=1S/C12H18N6OS/c1-7-6-8-10(18(3)5-4-9(19)14-2)15-12(17-13)16-11(8)20-7/h6H,4-5,13H2,1-3H3,(H,14,19)(H,15,16,17). The maximum Gasteiger partial charge on any atom is 0.240 e. The average molecular weight is 294 g/mol. The molecule has 0 aromatic carbocycles. The number of nitrogen functional groups attached to an aromatic ring is 1. The van der Waals surface area contributed by atoms with Crippen LogP contribution in [0, 0.1) is 6.92 Å². The molecule has 0 aliphatic rings. The number of carbonyl (C=O) groups excluding carboxylic acids is 1. The lowest BCUT2D eigenvalue weighted by molar-refractivity contribution is -0.120. The Hall–Kier alpha value is -1.93. The summed E-state index contributed by atoms with van der Waals surface area (Å²) < 4.78 is 0. The van der Waals surface area contributed by atoms with Crippen molar-refractivity contribution >= 4 is 39.2 Å². The lowest BCUT2D eigenvalue weighted by atomic mass is 10.3. The van der Waals surface area contributed by atoms with Crippen LogP contribution in [0.4, 0.5) is 11.8 Å². The number of nitrogens with zero attached hydrogens (tertiary/aromatic N) is 3. The number of aromatic nitrogens is 2. The number of nitrogens with one attached hydrogen (secondary N) is 2. The monoisotopic (exact) mass is 294 g/mol. The van der Waals surface area contributed by atoms with Crippen LogP contribution in [-0.4, -0.2) is 36.5 Å². The molecular formula is C12H18N6OS. The van der Waals surface area contributed by atoms with E-state index in [1.807, 2.05) is 24.9 Å². The lowest BCUT2D eigenvalue weighted by Gasteiger charge is -2.19. The Morgan fingerprint density at radius 1 is 1.50 bits per heavy atom. The van der Waals surface area contributed by atoms with Gasteiger partial charge in [0, 0.05) is 31.9 Å². The molecule has 1 amide bonds. The molecule has 2 aromatic heterocycles. The molecule has 20 heavy (non-hydrogen) atoms. The fourth-order valence-electron chi connectivity index (χ4n) is 1.88. The van der Waals surface area contributed by atoms with Gasteiger partial charge < -0.3 is 10.2 Å². The van der Waals surface area contributed by atoms with Crippen molar-refractivity contribution < 1.29 is 4.79 Å². The van der Waals surface area contributed by atoms with Gasteiger partial charge in [0.15, 0.2) is 0 Å². The Morgan fingerprint density at radius 2 is 2.25 bits per heavy atom. The van der Waals surface area contributed by atoms with Gasteiger partial charge in [-0.3, -0.25) is 10.2 Å². The number of hydrogen-bond donors (Lipinski definition) is 3. The van der Waals surface area contributed by atoms with Crippen molar-refractivity contribution in [1.82, 2.24) is 15.3 Å². The van der Waals surface area contributed by atoms with E-state index < -0.39 is 0 Å². The highest BCUT2D eigenvalue weighted by Crippen LogP contribution is 2.31. The van der Waals surface area contributed by atoms with Gasteiger partial charge in [-0.15, -0.1) is 11.3 Å². The summed E-state index contributed by atoms with van der Waals surface area (Å²) in [7, 11) is 3.53. The van der Waals surface area contributed by atoms with Crippen molar-refractivity contribution in [3.05, 3.63) is 10.9 Å². The van der Waals surface area contributed by atoms with E-state index in [9.17, 15) is 4.79 Å². The molecule has 108 valence electrons. The molecule has 0 bridgehead atoms. The lowest BCUT2D eigenvalue weighted by Crippen LogP contribution is -2.27. The number of fused-ring (bicyclic) bond motifs is 1. The highest BCUT2D eigenvalue weighted by molar-refractivity contribution is 7.18. The van der Waals surface area contributed by atoms with Crippen LogP contribution in [0.1, 0.15) is 11.3 Å². The van der Waals surface area contributed by atoms with Crippen LogP contribution in [0.15, 0.2) is 6.07 Å². The van der Waals surface area contributed by atoms with Gasteiger partial charge >= 0.3 is 0 Å². The van der Waals surface area contributed by atoms with Crippen molar-refractivity contribution in [3.63, 3.8) is 0 Å². The van der Waals surface area contributed by atoms with Crippen LogP contribution < -0.4 is 21.5 Å². The third-order valence-electron chi connectivity index (χ3n) is 2.94. The Labute approximate surface area is 121 Å². The van der Waals surface area contributed by atoms with Gasteiger partial charge in [-0.25, -0.2) is 10.8 Å². The summed E-state index contributed by atoms with van der Waals surface area (Å²) in [6.07, 6.45) is 0.410. The van der Waals surface area contributed by atoms with E-state index in [1.54, 1.807) is 18.4 Å². The van der Waals surface area contributed by atoms with Gasteiger partial charge in [-0.05, 0) is 13.0 Å². The second-order valence-electron chi connectivity index (χ2n) is 4.44. The molecule has 0 fully saturated rings.